The average molecular weight is 478 g/mol. The zero-order valence-corrected chi connectivity index (χ0v) is 20.5. The SMILES string of the molecule is CCN(CC)S(=O)(=O)c1ccc(NC(=O)c2ccc(CN3CCCc4ccccc43)cc2)cc1. The first-order valence-electron chi connectivity index (χ1n) is 11.8. The molecular formula is C27H31N3O3S. The van der Waals surface area contributed by atoms with Gasteiger partial charge in [0.25, 0.3) is 5.91 Å². The van der Waals surface area contributed by atoms with Crippen LogP contribution < -0.4 is 10.2 Å². The maximum atomic E-state index is 12.7. The number of fused-ring (bicyclic) bond motifs is 1. The summed E-state index contributed by atoms with van der Waals surface area (Å²) in [5, 5.41) is 2.85. The number of carbonyl (C=O) groups is 1. The van der Waals surface area contributed by atoms with Gasteiger partial charge in [-0.05, 0) is 66.4 Å². The Morgan fingerprint density at radius 2 is 1.62 bits per heavy atom. The van der Waals surface area contributed by atoms with Crippen LogP contribution in [0.4, 0.5) is 11.4 Å². The zero-order valence-electron chi connectivity index (χ0n) is 19.7. The third-order valence-electron chi connectivity index (χ3n) is 6.25. The number of amides is 1. The van der Waals surface area contributed by atoms with Crippen LogP contribution >= 0.6 is 0 Å². The molecule has 0 fully saturated rings. The van der Waals surface area contributed by atoms with E-state index in [0.717, 1.165) is 31.5 Å². The molecule has 3 aromatic carbocycles. The third-order valence-corrected chi connectivity index (χ3v) is 8.32. The molecule has 0 spiro atoms. The first kappa shape index (κ1) is 24.0. The lowest BCUT2D eigenvalue weighted by molar-refractivity contribution is 0.102. The van der Waals surface area contributed by atoms with Gasteiger partial charge < -0.3 is 10.2 Å². The number of benzene rings is 3. The quantitative estimate of drug-likeness (QED) is 0.500. The Bertz CT molecular complexity index is 1230. The molecule has 34 heavy (non-hydrogen) atoms. The van der Waals surface area contributed by atoms with Gasteiger partial charge in [0.2, 0.25) is 10.0 Å². The Morgan fingerprint density at radius 3 is 2.29 bits per heavy atom. The molecule has 0 unspecified atom stereocenters. The molecule has 0 aromatic heterocycles. The molecule has 1 amide bonds. The van der Waals surface area contributed by atoms with Crippen molar-refractivity contribution >= 4 is 27.3 Å². The molecule has 0 atom stereocenters. The van der Waals surface area contributed by atoms with Gasteiger partial charge in [0, 0.05) is 43.1 Å². The summed E-state index contributed by atoms with van der Waals surface area (Å²) >= 11 is 0. The maximum absolute atomic E-state index is 12.7. The van der Waals surface area contributed by atoms with Crippen LogP contribution in [0.5, 0.6) is 0 Å². The fraction of sp³-hybridized carbons (Fsp3) is 0.296. The lowest BCUT2D eigenvalue weighted by atomic mass is 10.0. The first-order valence-corrected chi connectivity index (χ1v) is 13.2. The van der Waals surface area contributed by atoms with E-state index in [-0.39, 0.29) is 10.8 Å². The molecule has 1 N–H and O–H groups in total. The number of rotatable bonds is 8. The van der Waals surface area contributed by atoms with Gasteiger partial charge in [-0.15, -0.1) is 0 Å². The highest BCUT2D eigenvalue weighted by molar-refractivity contribution is 7.89. The molecule has 6 nitrogen and oxygen atoms in total. The van der Waals surface area contributed by atoms with Crippen molar-refractivity contribution in [1.82, 2.24) is 4.31 Å². The molecule has 1 heterocycles. The van der Waals surface area contributed by atoms with E-state index in [9.17, 15) is 13.2 Å². The second-order valence-corrected chi connectivity index (χ2v) is 10.4. The van der Waals surface area contributed by atoms with Crippen molar-refractivity contribution in [2.75, 3.05) is 29.9 Å². The van der Waals surface area contributed by atoms with Crippen LogP contribution in [0.2, 0.25) is 0 Å². The van der Waals surface area contributed by atoms with Gasteiger partial charge >= 0.3 is 0 Å². The molecule has 3 aromatic rings. The molecule has 7 heteroatoms. The predicted octanol–water partition coefficient (Wildman–Crippen LogP) is 4.92. The number of para-hydroxylation sites is 1. The van der Waals surface area contributed by atoms with Gasteiger partial charge in [-0.1, -0.05) is 44.2 Å². The van der Waals surface area contributed by atoms with E-state index in [1.807, 2.05) is 38.1 Å². The van der Waals surface area contributed by atoms with Crippen molar-refractivity contribution in [1.29, 1.82) is 0 Å². The average Bonchev–Trinajstić information content (AvgIpc) is 2.85. The normalized spacial score (nSPS) is 13.6. The lowest BCUT2D eigenvalue weighted by Gasteiger charge is -2.31. The van der Waals surface area contributed by atoms with Crippen LogP contribution in [0.1, 0.15) is 41.8 Å². The van der Waals surface area contributed by atoms with E-state index in [1.54, 1.807) is 12.1 Å². The second-order valence-electron chi connectivity index (χ2n) is 8.42. The Kier molecular flexibility index (Phi) is 7.34. The van der Waals surface area contributed by atoms with E-state index < -0.39 is 10.0 Å². The van der Waals surface area contributed by atoms with Gasteiger partial charge in [-0.3, -0.25) is 4.79 Å². The molecule has 1 aliphatic rings. The summed E-state index contributed by atoms with van der Waals surface area (Å²) in [7, 11) is -3.52. The van der Waals surface area contributed by atoms with Crippen molar-refractivity contribution in [3.05, 3.63) is 89.5 Å². The summed E-state index contributed by atoms with van der Waals surface area (Å²) < 4.78 is 26.7. The fourth-order valence-corrected chi connectivity index (χ4v) is 5.84. The van der Waals surface area contributed by atoms with Gasteiger partial charge in [0.05, 0.1) is 4.90 Å². The smallest absolute Gasteiger partial charge is 0.255 e. The van der Waals surface area contributed by atoms with Crippen molar-refractivity contribution in [3.63, 3.8) is 0 Å². The van der Waals surface area contributed by atoms with Crippen LogP contribution in [0.25, 0.3) is 0 Å². The summed E-state index contributed by atoms with van der Waals surface area (Å²) in [5.41, 5.74) is 4.95. The van der Waals surface area contributed by atoms with Crippen LogP contribution in [0, 0.1) is 0 Å². The Labute approximate surface area is 202 Å². The van der Waals surface area contributed by atoms with E-state index in [4.69, 9.17) is 0 Å². The van der Waals surface area contributed by atoms with Crippen LogP contribution in [0.15, 0.2) is 77.7 Å². The molecular weight excluding hydrogens is 446 g/mol. The minimum Gasteiger partial charge on any atom is -0.367 e. The van der Waals surface area contributed by atoms with E-state index in [2.05, 4.69) is 34.5 Å². The van der Waals surface area contributed by atoms with E-state index >= 15 is 0 Å². The fourth-order valence-electron chi connectivity index (χ4n) is 4.38. The summed E-state index contributed by atoms with van der Waals surface area (Å²) in [5.74, 6) is -0.228. The number of aryl methyl sites for hydroxylation is 1. The van der Waals surface area contributed by atoms with Crippen LogP contribution in [0.3, 0.4) is 0 Å². The summed E-state index contributed by atoms with van der Waals surface area (Å²) in [6.45, 7) is 6.29. The molecule has 0 bridgehead atoms. The largest absolute Gasteiger partial charge is 0.367 e. The van der Waals surface area contributed by atoms with Gasteiger partial charge in [-0.25, -0.2) is 8.42 Å². The predicted molar refractivity (Wildman–Crippen MR) is 137 cm³/mol. The highest BCUT2D eigenvalue weighted by Crippen LogP contribution is 2.28. The van der Waals surface area contributed by atoms with Crippen molar-refractivity contribution in [3.8, 4) is 0 Å². The van der Waals surface area contributed by atoms with Crippen LogP contribution in [-0.4, -0.2) is 38.3 Å². The van der Waals surface area contributed by atoms with Crippen LogP contribution in [-0.2, 0) is 23.0 Å². The molecule has 0 saturated carbocycles. The Balaban J connectivity index is 1.40. The molecule has 1 aliphatic heterocycles. The topological polar surface area (TPSA) is 69.7 Å². The second kappa shape index (κ2) is 10.4. The number of anilines is 2. The number of hydrogen-bond donors (Lipinski definition) is 1. The van der Waals surface area contributed by atoms with E-state index in [1.165, 1.54) is 27.7 Å². The number of carbonyl (C=O) groups excluding carboxylic acids is 1. The Hall–Kier alpha value is -3.16. The zero-order chi connectivity index (χ0) is 24.1. The highest BCUT2D eigenvalue weighted by Gasteiger charge is 2.21. The van der Waals surface area contributed by atoms with Gasteiger partial charge in [-0.2, -0.15) is 4.31 Å². The standard InChI is InChI=1S/C27H31N3O3S/c1-3-30(4-2)34(32,33)25-17-15-24(16-18-25)28-27(31)23-13-11-21(12-14-23)20-29-19-7-9-22-8-5-6-10-26(22)29/h5-6,8,10-18H,3-4,7,9,19-20H2,1-2H3,(H,28,31). The molecule has 0 aliphatic carbocycles. The molecule has 178 valence electrons. The molecule has 0 saturated heterocycles. The number of hydrogen-bond acceptors (Lipinski definition) is 4. The summed E-state index contributed by atoms with van der Waals surface area (Å²) in [4.78, 5) is 15.3. The van der Waals surface area contributed by atoms with Gasteiger partial charge in [0.1, 0.15) is 0 Å². The van der Waals surface area contributed by atoms with Crippen molar-refractivity contribution in [2.24, 2.45) is 0 Å². The minimum atomic E-state index is -3.52. The van der Waals surface area contributed by atoms with Crippen molar-refractivity contribution < 1.29 is 13.2 Å². The van der Waals surface area contributed by atoms with Gasteiger partial charge in [0.15, 0.2) is 0 Å². The number of sulfonamides is 1. The monoisotopic (exact) mass is 477 g/mol. The number of nitrogens with one attached hydrogen (secondary N) is 1. The first-order chi connectivity index (χ1) is 16.4. The Morgan fingerprint density at radius 1 is 0.941 bits per heavy atom. The molecule has 4 rings (SSSR count). The summed E-state index contributed by atoms with van der Waals surface area (Å²) in [6, 6.07) is 22.5. The summed E-state index contributed by atoms with van der Waals surface area (Å²) in [6.07, 6.45) is 2.26. The highest BCUT2D eigenvalue weighted by atomic mass is 32.2. The molecule has 0 radical (unpaired) electrons. The lowest BCUT2D eigenvalue weighted by Crippen LogP contribution is -2.30. The maximum Gasteiger partial charge on any atom is 0.255 e. The number of nitrogens with zero attached hydrogens (tertiary/aromatic N) is 2. The third kappa shape index (κ3) is 5.16. The van der Waals surface area contributed by atoms with E-state index in [0.29, 0.717) is 24.3 Å². The minimum absolute atomic E-state index is 0.220. The van der Waals surface area contributed by atoms with Crippen molar-refractivity contribution in [2.45, 2.75) is 38.1 Å².